The molecule has 3 nitrogen and oxygen atoms in total. The predicted molar refractivity (Wildman–Crippen MR) is 169 cm³/mol. The van der Waals surface area contributed by atoms with Crippen LogP contribution in [0.3, 0.4) is 0 Å². The number of fused-ring (bicyclic) bond motifs is 2. The van der Waals surface area contributed by atoms with Crippen molar-refractivity contribution in [1.29, 1.82) is 0 Å². The Kier molecular flexibility index (Phi) is 9.61. The normalized spacial score (nSPS) is 15.1. The summed E-state index contributed by atoms with van der Waals surface area (Å²) in [5.74, 6) is 1.89. The van der Waals surface area contributed by atoms with Crippen LogP contribution >= 0.6 is 8.60 Å². The van der Waals surface area contributed by atoms with Gasteiger partial charge in [0.2, 0.25) is 0 Å². The van der Waals surface area contributed by atoms with E-state index in [1.165, 1.54) is 46.2 Å². The summed E-state index contributed by atoms with van der Waals surface area (Å²) < 4.78 is 20.1. The van der Waals surface area contributed by atoms with Crippen LogP contribution in [-0.4, -0.2) is 6.61 Å². The Balaban J connectivity index is 2.28. The van der Waals surface area contributed by atoms with E-state index in [0.717, 1.165) is 30.8 Å². The van der Waals surface area contributed by atoms with E-state index in [4.69, 9.17) is 13.6 Å². The zero-order valence-corrected chi connectivity index (χ0v) is 28.1. The highest BCUT2D eigenvalue weighted by Crippen LogP contribution is 2.53. The van der Waals surface area contributed by atoms with Crippen molar-refractivity contribution in [3.05, 3.63) is 57.6 Å². The summed E-state index contributed by atoms with van der Waals surface area (Å²) >= 11 is 0. The fourth-order valence-corrected chi connectivity index (χ4v) is 6.08. The monoisotopic (exact) mass is 554 g/mol. The lowest BCUT2D eigenvalue weighted by atomic mass is 9.76. The molecule has 1 heterocycles. The third-order valence-electron chi connectivity index (χ3n) is 7.59. The van der Waals surface area contributed by atoms with Crippen molar-refractivity contribution < 1.29 is 13.6 Å². The summed E-state index contributed by atoms with van der Waals surface area (Å²) in [7, 11) is -1.61. The van der Waals surface area contributed by atoms with Crippen molar-refractivity contribution in [2.45, 2.75) is 144 Å². The van der Waals surface area contributed by atoms with Gasteiger partial charge in [-0.2, -0.15) is 0 Å². The Labute approximate surface area is 241 Å². The van der Waals surface area contributed by atoms with Gasteiger partial charge in [0.1, 0.15) is 11.5 Å². The van der Waals surface area contributed by atoms with Crippen molar-refractivity contribution in [1.82, 2.24) is 0 Å². The second-order valence-electron chi connectivity index (χ2n) is 15.5. The second-order valence-corrected chi connectivity index (χ2v) is 16.6. The summed E-state index contributed by atoms with van der Waals surface area (Å²) in [6, 6.07) is 9.44. The third-order valence-corrected chi connectivity index (χ3v) is 8.64. The average molecular weight is 555 g/mol. The predicted octanol–water partition coefficient (Wildman–Crippen LogP) is 11.1. The number of unbranched alkanes of at least 4 members (excludes halogenated alkanes) is 3. The molecule has 39 heavy (non-hydrogen) atoms. The van der Waals surface area contributed by atoms with Crippen molar-refractivity contribution in [2.75, 3.05) is 6.61 Å². The molecule has 1 aliphatic rings. The van der Waals surface area contributed by atoms with Crippen LogP contribution in [-0.2, 0) is 32.6 Å². The van der Waals surface area contributed by atoms with Crippen LogP contribution in [0.2, 0.25) is 0 Å². The van der Waals surface area contributed by atoms with Gasteiger partial charge in [-0.05, 0) is 50.3 Å². The van der Waals surface area contributed by atoms with Crippen LogP contribution in [0.5, 0.6) is 11.5 Å². The fourth-order valence-electron chi connectivity index (χ4n) is 4.93. The molecular formula is C35H55O3P. The zero-order valence-electron chi connectivity index (χ0n) is 27.2. The molecule has 0 bridgehead atoms. The summed E-state index contributed by atoms with van der Waals surface area (Å²) in [5, 5.41) is 0. The molecule has 4 heteroatoms. The van der Waals surface area contributed by atoms with E-state index in [1.807, 2.05) is 0 Å². The van der Waals surface area contributed by atoms with Gasteiger partial charge in [0.25, 0.3) is 0 Å². The smallest absolute Gasteiger partial charge is 0.417 e. The lowest BCUT2D eigenvalue weighted by molar-refractivity contribution is 0.254. The first-order valence-corrected chi connectivity index (χ1v) is 16.1. The molecule has 0 saturated carbocycles. The lowest BCUT2D eigenvalue weighted by Gasteiger charge is -2.34. The van der Waals surface area contributed by atoms with Crippen LogP contribution in [0.1, 0.15) is 149 Å². The maximum Gasteiger partial charge on any atom is 0.463 e. The Morgan fingerprint density at radius 1 is 0.615 bits per heavy atom. The Morgan fingerprint density at radius 3 is 1.41 bits per heavy atom. The summed E-state index contributed by atoms with van der Waals surface area (Å²) in [6.07, 6.45) is 5.38. The van der Waals surface area contributed by atoms with Crippen LogP contribution in [0, 0.1) is 0 Å². The van der Waals surface area contributed by atoms with E-state index < -0.39 is 8.60 Å². The van der Waals surface area contributed by atoms with Crippen LogP contribution in [0.25, 0.3) is 0 Å². The van der Waals surface area contributed by atoms with E-state index in [2.05, 4.69) is 114 Å². The summed E-state index contributed by atoms with van der Waals surface area (Å²) in [6.45, 7) is 30.3. The van der Waals surface area contributed by atoms with Gasteiger partial charge in [0.05, 0.1) is 6.61 Å². The minimum atomic E-state index is -1.61. The van der Waals surface area contributed by atoms with Gasteiger partial charge in [-0.15, -0.1) is 0 Å². The van der Waals surface area contributed by atoms with Crippen molar-refractivity contribution >= 4 is 8.60 Å². The van der Waals surface area contributed by atoms with Crippen LogP contribution in [0.15, 0.2) is 24.3 Å². The Bertz CT molecular complexity index is 1050. The van der Waals surface area contributed by atoms with E-state index in [-0.39, 0.29) is 21.7 Å². The Morgan fingerprint density at radius 2 is 1.05 bits per heavy atom. The summed E-state index contributed by atoms with van der Waals surface area (Å²) in [5.41, 5.74) is 7.47. The van der Waals surface area contributed by atoms with Gasteiger partial charge < -0.3 is 9.05 Å². The minimum absolute atomic E-state index is 0.0288. The molecule has 0 aromatic heterocycles. The highest BCUT2D eigenvalue weighted by atomic mass is 31.2. The highest BCUT2D eigenvalue weighted by Gasteiger charge is 2.35. The third kappa shape index (κ3) is 8.01. The van der Waals surface area contributed by atoms with Gasteiger partial charge in [-0.3, -0.25) is 4.52 Å². The largest absolute Gasteiger partial charge is 0.463 e. The zero-order chi connectivity index (χ0) is 29.4. The van der Waals surface area contributed by atoms with Crippen molar-refractivity contribution in [2.24, 2.45) is 0 Å². The fraction of sp³-hybridized carbons (Fsp3) is 0.657. The topological polar surface area (TPSA) is 27.7 Å². The molecule has 0 saturated heterocycles. The highest BCUT2D eigenvalue weighted by molar-refractivity contribution is 7.42. The minimum Gasteiger partial charge on any atom is -0.417 e. The average Bonchev–Trinajstić information content (AvgIpc) is 2.76. The molecule has 3 rings (SSSR count). The van der Waals surface area contributed by atoms with E-state index in [0.29, 0.717) is 6.61 Å². The molecular weight excluding hydrogens is 499 g/mol. The summed E-state index contributed by atoms with van der Waals surface area (Å²) in [4.78, 5) is 0. The standard InChI is InChI=1S/C35H55O3P/c1-14-15-16-17-18-36-39-37-30-24(20-26(32(2,3)4)22-28(30)34(8,9)10)19-25-21-27(33(5,6)7)23-29(31(25)38-39)35(11,12)13/h20-23H,14-19H2,1-13H3. The quantitative estimate of drug-likeness (QED) is 0.262. The maximum atomic E-state index is 6.81. The Hall–Kier alpha value is -1.57. The molecule has 0 spiro atoms. The molecule has 2 aromatic carbocycles. The number of hydrogen-bond donors (Lipinski definition) is 0. The first-order chi connectivity index (χ1) is 17.8. The van der Waals surface area contributed by atoms with E-state index in [9.17, 15) is 0 Å². The molecule has 0 amide bonds. The first-order valence-electron chi connectivity index (χ1n) is 15.0. The maximum absolute atomic E-state index is 6.81. The van der Waals surface area contributed by atoms with Crippen LogP contribution < -0.4 is 9.05 Å². The first kappa shape index (κ1) is 32.0. The van der Waals surface area contributed by atoms with Crippen molar-refractivity contribution in [3.8, 4) is 11.5 Å². The van der Waals surface area contributed by atoms with Gasteiger partial charge in [-0.25, -0.2) is 0 Å². The number of hydrogen-bond acceptors (Lipinski definition) is 3. The van der Waals surface area contributed by atoms with Gasteiger partial charge in [0, 0.05) is 17.5 Å². The van der Waals surface area contributed by atoms with Crippen molar-refractivity contribution in [3.63, 3.8) is 0 Å². The molecule has 218 valence electrons. The molecule has 1 aliphatic heterocycles. The van der Waals surface area contributed by atoms with Gasteiger partial charge >= 0.3 is 8.60 Å². The molecule has 0 N–H and O–H groups in total. The molecule has 2 aromatic rings. The molecule has 0 unspecified atom stereocenters. The molecule has 0 radical (unpaired) electrons. The van der Waals surface area contributed by atoms with E-state index >= 15 is 0 Å². The van der Waals surface area contributed by atoms with E-state index in [1.54, 1.807) is 0 Å². The number of rotatable bonds is 6. The molecule has 0 aliphatic carbocycles. The lowest BCUT2D eigenvalue weighted by Crippen LogP contribution is -2.22. The van der Waals surface area contributed by atoms with Gasteiger partial charge in [-0.1, -0.05) is 134 Å². The SMILES string of the molecule is CCCCCCOP1Oc2c(cc(C(C)(C)C)cc2C(C)(C)C)Cc2cc(C(C)(C)C)cc(C(C)(C)C)c2O1. The second kappa shape index (κ2) is 11.7. The number of benzene rings is 2. The molecule has 0 fully saturated rings. The molecule has 0 atom stereocenters. The van der Waals surface area contributed by atoms with Crippen LogP contribution in [0.4, 0.5) is 0 Å². The van der Waals surface area contributed by atoms with Gasteiger partial charge in [0.15, 0.2) is 0 Å².